The van der Waals surface area contributed by atoms with Crippen molar-refractivity contribution in [2.45, 2.75) is 10.1 Å². The van der Waals surface area contributed by atoms with E-state index in [2.05, 4.69) is 25.4 Å². The third-order valence-corrected chi connectivity index (χ3v) is 3.54. The largest absolute Gasteiger partial charge is 0.292 e. The minimum absolute atomic E-state index is 0.146. The predicted molar refractivity (Wildman–Crippen MR) is 73.5 cm³/mol. The summed E-state index contributed by atoms with van der Waals surface area (Å²) in [6.07, 6.45) is 2.50. The number of nitrogens with two attached hydrogens (primary N) is 1. The Labute approximate surface area is 117 Å². The van der Waals surface area contributed by atoms with E-state index in [1.807, 2.05) is 24.3 Å². The van der Waals surface area contributed by atoms with Crippen molar-refractivity contribution in [1.29, 1.82) is 0 Å². The van der Waals surface area contributed by atoms with Crippen molar-refractivity contribution >= 4 is 28.6 Å². The molecule has 3 N–H and O–H groups in total. The highest BCUT2D eigenvalue weighted by molar-refractivity contribution is 7.99. The fourth-order valence-corrected chi connectivity index (χ4v) is 2.49. The van der Waals surface area contributed by atoms with Crippen LogP contribution in [0.15, 0.2) is 46.8 Å². The van der Waals surface area contributed by atoms with E-state index < -0.39 is 5.82 Å². The predicted octanol–water partition coefficient (Wildman–Crippen LogP) is 2.00. The zero-order valence-electron chi connectivity index (χ0n) is 10.1. The summed E-state index contributed by atoms with van der Waals surface area (Å²) in [5.74, 6) is 4.84. The molecule has 0 aliphatic heterocycles. The second-order valence-corrected chi connectivity index (χ2v) is 4.77. The average Bonchev–Trinajstić information content (AvgIpc) is 2.50. The van der Waals surface area contributed by atoms with E-state index in [1.54, 1.807) is 0 Å². The van der Waals surface area contributed by atoms with Crippen LogP contribution in [0.25, 0.3) is 10.9 Å². The number of aromatic nitrogens is 4. The normalized spacial score (nSPS) is 10.7. The van der Waals surface area contributed by atoms with Gasteiger partial charge in [0.15, 0.2) is 5.82 Å². The van der Waals surface area contributed by atoms with Crippen LogP contribution in [0, 0.1) is 5.82 Å². The Hall–Kier alpha value is -2.32. The van der Waals surface area contributed by atoms with Crippen LogP contribution < -0.4 is 11.3 Å². The number of nitrogens with one attached hydrogen (secondary N) is 1. The summed E-state index contributed by atoms with van der Waals surface area (Å²) in [6.45, 7) is 0. The molecule has 0 saturated carbocycles. The summed E-state index contributed by atoms with van der Waals surface area (Å²) in [5, 5.41) is 1.60. The van der Waals surface area contributed by atoms with Crippen LogP contribution in [0.1, 0.15) is 0 Å². The number of halogens is 1. The Morgan fingerprint density at radius 2 is 1.95 bits per heavy atom. The Bertz CT molecular complexity index is 761. The standard InChI is InChI=1S/C12H9FN6S/c13-8-5-15-12(19-14)18-11(8)20-10-7-3-1-2-4-9(7)16-6-17-10/h1-6H,14H2,(H,15,18,19). The van der Waals surface area contributed by atoms with Crippen LogP contribution in [0.2, 0.25) is 0 Å². The molecular formula is C12H9FN6S. The average molecular weight is 288 g/mol. The molecule has 3 rings (SSSR count). The topological polar surface area (TPSA) is 89.6 Å². The molecule has 6 nitrogen and oxygen atoms in total. The van der Waals surface area contributed by atoms with Gasteiger partial charge >= 0.3 is 0 Å². The molecule has 0 spiro atoms. The molecule has 0 amide bonds. The summed E-state index contributed by atoms with van der Waals surface area (Å²) in [7, 11) is 0. The van der Waals surface area contributed by atoms with Gasteiger partial charge in [-0.05, 0) is 17.8 Å². The van der Waals surface area contributed by atoms with E-state index in [1.165, 1.54) is 6.33 Å². The molecule has 0 fully saturated rings. The first-order valence-corrected chi connectivity index (χ1v) is 6.46. The lowest BCUT2D eigenvalue weighted by atomic mass is 10.2. The van der Waals surface area contributed by atoms with Crippen molar-refractivity contribution in [3.8, 4) is 0 Å². The highest BCUT2D eigenvalue weighted by Crippen LogP contribution is 2.31. The van der Waals surface area contributed by atoms with Gasteiger partial charge in [-0.3, -0.25) is 5.43 Å². The molecule has 0 aliphatic carbocycles. The lowest BCUT2D eigenvalue weighted by Crippen LogP contribution is -2.11. The molecule has 100 valence electrons. The summed E-state index contributed by atoms with van der Waals surface area (Å²) in [6, 6.07) is 7.49. The number of hydrazine groups is 1. The number of para-hydroxylation sites is 1. The molecule has 0 bridgehead atoms. The smallest absolute Gasteiger partial charge is 0.238 e. The van der Waals surface area contributed by atoms with Gasteiger partial charge < -0.3 is 0 Å². The molecule has 2 heterocycles. The zero-order valence-corrected chi connectivity index (χ0v) is 10.9. The minimum atomic E-state index is -0.531. The Morgan fingerprint density at radius 3 is 2.80 bits per heavy atom. The molecule has 0 atom stereocenters. The van der Waals surface area contributed by atoms with Crippen LogP contribution in [0.3, 0.4) is 0 Å². The first-order valence-electron chi connectivity index (χ1n) is 5.64. The van der Waals surface area contributed by atoms with Gasteiger partial charge in [0, 0.05) is 5.39 Å². The van der Waals surface area contributed by atoms with Gasteiger partial charge in [0.25, 0.3) is 0 Å². The van der Waals surface area contributed by atoms with Crippen molar-refractivity contribution < 1.29 is 4.39 Å². The Morgan fingerprint density at radius 1 is 1.10 bits per heavy atom. The summed E-state index contributed by atoms with van der Waals surface area (Å²) >= 11 is 1.10. The van der Waals surface area contributed by atoms with Crippen molar-refractivity contribution in [3.63, 3.8) is 0 Å². The molecule has 20 heavy (non-hydrogen) atoms. The number of nitrogens with zero attached hydrogens (tertiary/aromatic N) is 4. The van der Waals surface area contributed by atoms with E-state index in [-0.39, 0.29) is 11.0 Å². The van der Waals surface area contributed by atoms with E-state index in [0.717, 1.165) is 28.9 Å². The second-order valence-electron chi connectivity index (χ2n) is 3.79. The van der Waals surface area contributed by atoms with Crippen molar-refractivity contribution in [2.75, 3.05) is 5.43 Å². The molecule has 0 radical (unpaired) electrons. The maximum Gasteiger partial charge on any atom is 0.238 e. The third kappa shape index (κ3) is 2.38. The summed E-state index contributed by atoms with van der Waals surface area (Å²) < 4.78 is 13.7. The number of benzene rings is 1. The fraction of sp³-hybridized carbons (Fsp3) is 0. The van der Waals surface area contributed by atoms with Gasteiger partial charge in [-0.15, -0.1) is 0 Å². The van der Waals surface area contributed by atoms with Crippen LogP contribution in [-0.4, -0.2) is 19.9 Å². The number of nitrogen functional groups attached to an aromatic ring is 1. The SMILES string of the molecule is NNc1ncc(F)c(Sc2ncnc3ccccc23)n1. The first kappa shape index (κ1) is 12.7. The molecule has 1 aromatic carbocycles. The molecule has 2 aromatic heterocycles. The van der Waals surface area contributed by atoms with Crippen molar-refractivity contribution in [1.82, 2.24) is 19.9 Å². The minimum Gasteiger partial charge on any atom is -0.292 e. The monoisotopic (exact) mass is 288 g/mol. The number of hydrogen-bond donors (Lipinski definition) is 2. The molecule has 0 unspecified atom stereocenters. The second kappa shape index (κ2) is 5.35. The quantitative estimate of drug-likeness (QED) is 0.433. The summed E-state index contributed by atoms with van der Waals surface area (Å²) in [5.41, 5.74) is 3.07. The first-order chi connectivity index (χ1) is 9.78. The lowest BCUT2D eigenvalue weighted by Gasteiger charge is -2.05. The zero-order chi connectivity index (χ0) is 13.9. The van der Waals surface area contributed by atoms with Crippen molar-refractivity contribution in [3.05, 3.63) is 42.6 Å². The molecule has 0 aliphatic rings. The van der Waals surface area contributed by atoms with E-state index in [4.69, 9.17) is 5.84 Å². The van der Waals surface area contributed by atoms with Crippen LogP contribution in [0.4, 0.5) is 10.3 Å². The van der Waals surface area contributed by atoms with Crippen LogP contribution in [-0.2, 0) is 0 Å². The van der Waals surface area contributed by atoms with Gasteiger partial charge in [-0.1, -0.05) is 18.2 Å². The number of rotatable bonds is 3. The molecule has 3 aromatic rings. The fourth-order valence-electron chi connectivity index (χ4n) is 1.65. The van der Waals surface area contributed by atoms with Gasteiger partial charge in [0.05, 0.1) is 11.7 Å². The van der Waals surface area contributed by atoms with Crippen LogP contribution in [0.5, 0.6) is 0 Å². The van der Waals surface area contributed by atoms with Gasteiger partial charge in [-0.25, -0.2) is 30.2 Å². The van der Waals surface area contributed by atoms with E-state index >= 15 is 0 Å². The van der Waals surface area contributed by atoms with Crippen molar-refractivity contribution in [2.24, 2.45) is 5.84 Å². The summed E-state index contributed by atoms with van der Waals surface area (Å²) in [4.78, 5) is 16.0. The highest BCUT2D eigenvalue weighted by atomic mass is 32.2. The Kier molecular flexibility index (Phi) is 3.40. The molecule has 8 heteroatoms. The number of fused-ring (bicyclic) bond motifs is 1. The van der Waals surface area contributed by atoms with Gasteiger partial charge in [-0.2, -0.15) is 0 Å². The van der Waals surface area contributed by atoms with Gasteiger partial charge in [0.1, 0.15) is 16.4 Å². The maximum atomic E-state index is 13.7. The Balaban J connectivity index is 2.05. The molecular weight excluding hydrogens is 279 g/mol. The molecule has 0 saturated heterocycles. The van der Waals surface area contributed by atoms with Crippen LogP contribution >= 0.6 is 11.8 Å². The lowest BCUT2D eigenvalue weighted by molar-refractivity contribution is 0.580. The van der Waals surface area contributed by atoms with E-state index in [0.29, 0.717) is 5.03 Å². The number of hydrogen-bond acceptors (Lipinski definition) is 7. The highest BCUT2D eigenvalue weighted by Gasteiger charge is 2.12. The number of anilines is 1. The van der Waals surface area contributed by atoms with Gasteiger partial charge in [0.2, 0.25) is 5.95 Å². The maximum absolute atomic E-state index is 13.7. The van der Waals surface area contributed by atoms with E-state index in [9.17, 15) is 4.39 Å². The third-order valence-electron chi connectivity index (χ3n) is 2.54.